The van der Waals surface area contributed by atoms with Gasteiger partial charge >= 0.3 is 17.9 Å². The molecule has 3 heterocycles. The average Bonchev–Trinajstić information content (AvgIpc) is 3.08. The first kappa shape index (κ1) is 25.7. The summed E-state index contributed by atoms with van der Waals surface area (Å²) in [5.74, 6) is -6.93. The van der Waals surface area contributed by atoms with Gasteiger partial charge in [-0.05, 0) is 29.3 Å². The summed E-state index contributed by atoms with van der Waals surface area (Å²) in [7, 11) is 0. The molecule has 1 saturated heterocycles. The molecule has 38 heavy (non-hydrogen) atoms. The van der Waals surface area contributed by atoms with Gasteiger partial charge in [-0.25, -0.2) is 28.1 Å². The van der Waals surface area contributed by atoms with E-state index in [9.17, 15) is 34.1 Å². The summed E-state index contributed by atoms with van der Waals surface area (Å²) in [6.07, 6.45) is -7.16. The van der Waals surface area contributed by atoms with E-state index in [0.717, 1.165) is 23.0 Å². The Morgan fingerprint density at radius 1 is 1.24 bits per heavy atom. The van der Waals surface area contributed by atoms with Gasteiger partial charge in [0.1, 0.15) is 23.5 Å². The van der Waals surface area contributed by atoms with Crippen LogP contribution in [0.2, 0.25) is 5.28 Å². The van der Waals surface area contributed by atoms with Crippen molar-refractivity contribution in [3.63, 3.8) is 0 Å². The number of aromatic nitrogens is 4. The molecule has 17 heteroatoms. The zero-order valence-electron chi connectivity index (χ0n) is 18.7. The van der Waals surface area contributed by atoms with Crippen LogP contribution in [0.25, 0.3) is 11.2 Å². The molecular formula is C21H16ClF2N5O9. The molecule has 1 saturated carbocycles. The third-order valence-electron chi connectivity index (χ3n) is 6.51. The van der Waals surface area contributed by atoms with Gasteiger partial charge in [0.15, 0.2) is 29.5 Å². The molecule has 1 aliphatic heterocycles. The van der Waals surface area contributed by atoms with Gasteiger partial charge in [-0.15, -0.1) is 0 Å². The second-order valence-corrected chi connectivity index (χ2v) is 9.04. The number of aliphatic hydroxyl groups is 1. The topological polar surface area (TPSA) is 220 Å². The van der Waals surface area contributed by atoms with Gasteiger partial charge in [0.2, 0.25) is 5.28 Å². The minimum atomic E-state index is -3.19. The molecule has 0 amide bonds. The van der Waals surface area contributed by atoms with E-state index < -0.39 is 77.1 Å². The number of nitrogens with zero attached hydrogens (tertiary/aromatic N) is 4. The Labute approximate surface area is 214 Å². The monoisotopic (exact) mass is 555 g/mol. The maximum atomic E-state index is 15.5. The van der Waals surface area contributed by atoms with Crippen molar-refractivity contribution in [2.24, 2.45) is 0 Å². The highest BCUT2D eigenvalue weighted by Crippen LogP contribution is 2.58. The molecule has 2 aromatic heterocycles. The zero-order chi connectivity index (χ0) is 27.7. The normalized spacial score (nSPS) is 26.3. The maximum Gasteiger partial charge on any atom is 0.348 e. The van der Waals surface area contributed by atoms with Gasteiger partial charge in [0.05, 0.1) is 11.9 Å². The van der Waals surface area contributed by atoms with Crippen LogP contribution in [0.1, 0.15) is 22.1 Å². The van der Waals surface area contributed by atoms with Crippen LogP contribution in [0.3, 0.4) is 0 Å². The largest absolute Gasteiger partial charge is 0.479 e. The van der Waals surface area contributed by atoms with Crippen LogP contribution in [0.15, 0.2) is 24.5 Å². The van der Waals surface area contributed by atoms with Gasteiger partial charge < -0.3 is 35.6 Å². The number of fused-ring (bicyclic) bond motifs is 2. The van der Waals surface area contributed by atoms with Crippen molar-refractivity contribution in [2.45, 2.75) is 42.2 Å². The Balaban J connectivity index is 1.42. The van der Waals surface area contributed by atoms with Crippen LogP contribution >= 0.6 is 11.6 Å². The summed E-state index contributed by atoms with van der Waals surface area (Å²) in [4.78, 5) is 46.8. The second-order valence-electron chi connectivity index (χ2n) is 8.70. The fourth-order valence-electron chi connectivity index (χ4n) is 4.43. The molecule has 1 aliphatic carbocycles. The molecule has 14 nitrogen and oxygen atoms in total. The van der Waals surface area contributed by atoms with Gasteiger partial charge in [0, 0.05) is 6.42 Å². The van der Waals surface area contributed by atoms with Crippen LogP contribution in [-0.4, -0.2) is 87.4 Å². The van der Waals surface area contributed by atoms with E-state index in [4.69, 9.17) is 31.9 Å². The Morgan fingerprint density at radius 2 is 1.92 bits per heavy atom. The molecule has 0 spiro atoms. The number of nitrogen functional groups attached to an aromatic ring is 1. The van der Waals surface area contributed by atoms with E-state index in [0.29, 0.717) is 6.07 Å². The number of rotatable bonds is 8. The van der Waals surface area contributed by atoms with Crippen LogP contribution in [0.5, 0.6) is 0 Å². The van der Waals surface area contributed by atoms with Gasteiger partial charge in [-0.2, -0.15) is 9.97 Å². The highest BCUT2D eigenvalue weighted by atomic mass is 35.5. The average molecular weight is 556 g/mol. The SMILES string of the molecule is Nc1nc(Cl)nc2c1ncn2[C@@H]1O[C@@H]2[C@H](OC(Cc3ccc(C(=O)O)cc3F)(C(=O)O)C(=O)O)[C@]2(O)[C@@H]1F. The number of halogens is 3. The van der Waals surface area contributed by atoms with Crippen molar-refractivity contribution in [3.8, 4) is 0 Å². The fraction of sp³-hybridized carbons (Fsp3) is 0.333. The first-order valence-electron chi connectivity index (χ1n) is 10.6. The third-order valence-corrected chi connectivity index (χ3v) is 6.68. The van der Waals surface area contributed by atoms with Gasteiger partial charge in [-0.3, -0.25) is 4.57 Å². The number of carboxylic acids is 3. The molecule has 5 rings (SSSR count). The molecule has 3 aromatic rings. The molecule has 1 aromatic carbocycles. The molecule has 0 radical (unpaired) electrons. The fourth-order valence-corrected chi connectivity index (χ4v) is 4.60. The van der Waals surface area contributed by atoms with Crippen molar-refractivity contribution in [1.29, 1.82) is 0 Å². The molecule has 0 unspecified atom stereocenters. The van der Waals surface area contributed by atoms with Crippen molar-refractivity contribution in [3.05, 3.63) is 46.8 Å². The third kappa shape index (κ3) is 3.64. The summed E-state index contributed by atoms with van der Waals surface area (Å²) < 4.78 is 41.9. The second kappa shape index (κ2) is 8.52. The number of ether oxygens (including phenoxy) is 2. The summed E-state index contributed by atoms with van der Waals surface area (Å²) in [6, 6.07) is 2.41. The number of hydrogen-bond acceptors (Lipinski definition) is 10. The Morgan fingerprint density at radius 3 is 2.47 bits per heavy atom. The van der Waals surface area contributed by atoms with Crippen LogP contribution in [0, 0.1) is 5.82 Å². The Hall–Kier alpha value is -3.99. The number of carboxylic acid groups (broad SMARTS) is 3. The van der Waals surface area contributed by atoms with E-state index in [1.54, 1.807) is 0 Å². The number of imidazole rings is 1. The zero-order valence-corrected chi connectivity index (χ0v) is 19.4. The number of hydrogen-bond donors (Lipinski definition) is 5. The predicted octanol–water partition coefficient (Wildman–Crippen LogP) is 0.415. The lowest BCUT2D eigenvalue weighted by molar-refractivity contribution is -0.194. The summed E-state index contributed by atoms with van der Waals surface area (Å²) >= 11 is 5.80. The number of carbonyl (C=O) groups is 3. The number of aliphatic carboxylic acids is 2. The number of nitrogens with two attached hydrogens (primary N) is 1. The molecule has 0 bridgehead atoms. The molecule has 6 N–H and O–H groups in total. The van der Waals surface area contributed by atoms with E-state index in [-0.39, 0.29) is 22.3 Å². The number of aromatic carboxylic acids is 1. The van der Waals surface area contributed by atoms with Crippen molar-refractivity contribution >= 4 is 46.5 Å². The molecule has 5 atom stereocenters. The van der Waals surface area contributed by atoms with Crippen molar-refractivity contribution in [1.82, 2.24) is 19.5 Å². The number of alkyl halides is 1. The summed E-state index contributed by atoms with van der Waals surface area (Å²) in [5.41, 5.74) is -0.869. The Kier molecular flexibility index (Phi) is 5.75. The quantitative estimate of drug-likeness (QED) is 0.188. The van der Waals surface area contributed by atoms with E-state index in [2.05, 4.69) is 15.0 Å². The summed E-state index contributed by atoms with van der Waals surface area (Å²) in [5, 5.41) is 39.2. The van der Waals surface area contributed by atoms with Crippen LogP contribution in [-0.2, 0) is 25.5 Å². The van der Waals surface area contributed by atoms with Crippen molar-refractivity contribution < 1.29 is 53.1 Å². The van der Waals surface area contributed by atoms with Gasteiger partial charge in [0.25, 0.3) is 5.60 Å². The van der Waals surface area contributed by atoms with E-state index >= 15 is 4.39 Å². The standard InChI is InChI=1S/C21H16ClF2N5O9/c22-19-27-13(25)9-14(28-19)29(5-26-9)15-10(24)21(36)11(37-15)12(21)38-20(17(32)33,18(34)35)4-7-2-1-6(16(30)31)3-8(7)23/h1-3,5,10-12,15,36H,4H2,(H,30,31)(H,32,33)(H,34,35)(H2,25,27,28)/t10-,11-,12+,15-,21+/m1/s1. The maximum absolute atomic E-state index is 15.5. The highest BCUT2D eigenvalue weighted by Gasteiger charge is 2.80. The minimum Gasteiger partial charge on any atom is -0.479 e. The molecule has 200 valence electrons. The van der Waals surface area contributed by atoms with Gasteiger partial charge in [-0.1, -0.05) is 6.07 Å². The first-order chi connectivity index (χ1) is 17.8. The smallest absolute Gasteiger partial charge is 0.348 e. The molecule has 2 fully saturated rings. The Bertz CT molecular complexity index is 1510. The minimum absolute atomic E-state index is 0.0248. The summed E-state index contributed by atoms with van der Waals surface area (Å²) in [6.45, 7) is 0. The predicted molar refractivity (Wildman–Crippen MR) is 118 cm³/mol. The molecular weight excluding hydrogens is 540 g/mol. The number of anilines is 1. The highest BCUT2D eigenvalue weighted by molar-refractivity contribution is 6.28. The van der Waals surface area contributed by atoms with Crippen molar-refractivity contribution in [2.75, 3.05) is 5.73 Å². The first-order valence-corrected chi connectivity index (χ1v) is 11.0. The lowest BCUT2D eigenvalue weighted by Gasteiger charge is -2.29. The van der Waals surface area contributed by atoms with E-state index in [1.807, 2.05) is 0 Å². The lowest BCUT2D eigenvalue weighted by atomic mass is 9.93. The number of benzene rings is 1. The lowest BCUT2D eigenvalue weighted by Crippen LogP contribution is -2.53. The van der Waals surface area contributed by atoms with Crippen LogP contribution < -0.4 is 5.73 Å². The molecule has 2 aliphatic rings. The van der Waals surface area contributed by atoms with E-state index in [1.165, 1.54) is 0 Å². The van der Waals surface area contributed by atoms with Crippen LogP contribution in [0.4, 0.5) is 14.6 Å².